The molecule has 0 spiro atoms. The van der Waals surface area contributed by atoms with Crippen molar-refractivity contribution in [2.45, 2.75) is 42.1 Å². The molecule has 2 aromatic carbocycles. The van der Waals surface area contributed by atoms with Crippen LogP contribution in [0.2, 0.25) is 0 Å². The van der Waals surface area contributed by atoms with Crippen molar-refractivity contribution >= 4 is 35.0 Å². The normalized spacial score (nSPS) is 18.6. The molecule has 0 aromatic heterocycles. The average molecular weight is 382 g/mol. The third kappa shape index (κ3) is 3.59. The van der Waals surface area contributed by atoms with E-state index in [1.165, 1.54) is 0 Å². The number of benzene rings is 2. The van der Waals surface area contributed by atoms with Gasteiger partial charge in [0.25, 0.3) is 11.8 Å². The molecule has 2 heterocycles. The molecule has 2 aromatic rings. The average Bonchev–Trinajstić information content (AvgIpc) is 3.18. The van der Waals surface area contributed by atoms with Gasteiger partial charge in [0.2, 0.25) is 0 Å². The van der Waals surface area contributed by atoms with Crippen LogP contribution in [0.3, 0.4) is 0 Å². The Morgan fingerprint density at radius 2 is 2.11 bits per heavy atom. The van der Waals surface area contributed by atoms with Gasteiger partial charge in [0.1, 0.15) is 6.10 Å². The zero-order chi connectivity index (χ0) is 18.8. The summed E-state index contributed by atoms with van der Waals surface area (Å²) in [5, 5.41) is 2.96. The fourth-order valence-electron chi connectivity index (χ4n) is 3.45. The summed E-state index contributed by atoms with van der Waals surface area (Å²) in [5.74, 6) is -0.0807. The van der Waals surface area contributed by atoms with Crippen LogP contribution in [-0.4, -0.2) is 31.1 Å². The second-order valence-electron chi connectivity index (χ2n) is 6.73. The van der Waals surface area contributed by atoms with Crippen LogP contribution < -0.4 is 10.2 Å². The van der Waals surface area contributed by atoms with Crippen molar-refractivity contribution in [3.8, 4) is 0 Å². The first-order valence-corrected chi connectivity index (χ1v) is 10.1. The van der Waals surface area contributed by atoms with Crippen molar-refractivity contribution in [1.82, 2.24) is 0 Å². The summed E-state index contributed by atoms with van der Waals surface area (Å²) in [7, 11) is 0. The van der Waals surface area contributed by atoms with Crippen LogP contribution in [0.1, 0.15) is 36.5 Å². The van der Waals surface area contributed by atoms with E-state index in [-0.39, 0.29) is 17.9 Å². The van der Waals surface area contributed by atoms with Crippen LogP contribution >= 0.6 is 11.8 Å². The minimum atomic E-state index is -0.365. The first-order valence-electron chi connectivity index (χ1n) is 9.32. The summed E-state index contributed by atoms with van der Waals surface area (Å²) < 4.78 is 5.46. The molecule has 1 saturated heterocycles. The van der Waals surface area contributed by atoms with E-state index in [2.05, 4.69) is 12.2 Å². The number of hydrogen-bond acceptors (Lipinski definition) is 4. The number of ether oxygens (including phenoxy) is 1. The molecule has 1 unspecified atom stereocenters. The standard InChI is InChI=1S/C21H22N2O3S/c1-2-11-23-16-10-9-14(22-20(24)17-7-5-12-26-17)13-19(16)27-18-8-4-3-6-15(18)21(23)25/h3-4,6,8-10,13,17H,2,5,7,11-12H2,1H3,(H,22,24). The van der Waals surface area contributed by atoms with Gasteiger partial charge in [-0.1, -0.05) is 30.8 Å². The number of rotatable bonds is 4. The van der Waals surface area contributed by atoms with Gasteiger partial charge >= 0.3 is 0 Å². The zero-order valence-electron chi connectivity index (χ0n) is 15.2. The Kier molecular flexibility index (Phi) is 5.18. The number of fused-ring (bicyclic) bond motifs is 2. The van der Waals surface area contributed by atoms with Crippen LogP contribution in [0.25, 0.3) is 0 Å². The molecular weight excluding hydrogens is 360 g/mol. The monoisotopic (exact) mass is 382 g/mol. The number of nitrogens with one attached hydrogen (secondary N) is 1. The molecule has 5 nitrogen and oxygen atoms in total. The maximum Gasteiger partial charge on any atom is 0.259 e. The molecule has 0 radical (unpaired) electrons. The lowest BCUT2D eigenvalue weighted by atomic mass is 10.1. The quantitative estimate of drug-likeness (QED) is 0.855. The van der Waals surface area contributed by atoms with Gasteiger partial charge in [-0.2, -0.15) is 0 Å². The molecule has 1 atom stereocenters. The van der Waals surface area contributed by atoms with E-state index in [9.17, 15) is 9.59 Å². The van der Waals surface area contributed by atoms with Crippen LogP contribution in [0, 0.1) is 0 Å². The molecular formula is C21H22N2O3S. The Morgan fingerprint density at radius 3 is 2.89 bits per heavy atom. The predicted molar refractivity (Wildman–Crippen MR) is 107 cm³/mol. The van der Waals surface area contributed by atoms with Gasteiger partial charge in [-0.25, -0.2) is 0 Å². The number of anilines is 2. The molecule has 2 aliphatic rings. The molecule has 140 valence electrons. The Labute approximate surface area is 163 Å². The van der Waals surface area contributed by atoms with Gasteiger partial charge in [-0.05, 0) is 49.6 Å². The van der Waals surface area contributed by atoms with Gasteiger partial charge in [0.15, 0.2) is 0 Å². The van der Waals surface area contributed by atoms with E-state index in [1.54, 1.807) is 11.8 Å². The van der Waals surface area contributed by atoms with Crippen molar-refractivity contribution in [3.05, 3.63) is 48.0 Å². The lowest BCUT2D eigenvalue weighted by Gasteiger charge is -2.23. The highest BCUT2D eigenvalue weighted by molar-refractivity contribution is 7.99. The highest BCUT2D eigenvalue weighted by Crippen LogP contribution is 2.42. The Balaban J connectivity index is 1.68. The van der Waals surface area contributed by atoms with E-state index < -0.39 is 0 Å². The number of carbonyl (C=O) groups excluding carboxylic acids is 2. The fraction of sp³-hybridized carbons (Fsp3) is 0.333. The fourth-order valence-corrected chi connectivity index (χ4v) is 4.57. The largest absolute Gasteiger partial charge is 0.368 e. The molecule has 0 aliphatic carbocycles. The molecule has 6 heteroatoms. The lowest BCUT2D eigenvalue weighted by Crippen LogP contribution is -2.31. The second-order valence-corrected chi connectivity index (χ2v) is 7.81. The molecule has 1 fully saturated rings. The third-order valence-electron chi connectivity index (χ3n) is 4.77. The van der Waals surface area contributed by atoms with E-state index in [1.807, 2.05) is 47.4 Å². The zero-order valence-corrected chi connectivity index (χ0v) is 16.1. The van der Waals surface area contributed by atoms with Crippen LogP contribution in [-0.2, 0) is 9.53 Å². The number of nitrogens with zero attached hydrogens (tertiary/aromatic N) is 1. The Bertz CT molecular complexity index is 877. The smallest absolute Gasteiger partial charge is 0.259 e. The minimum Gasteiger partial charge on any atom is -0.368 e. The van der Waals surface area contributed by atoms with Crippen molar-refractivity contribution in [3.63, 3.8) is 0 Å². The maximum atomic E-state index is 13.1. The molecule has 2 aliphatic heterocycles. The highest BCUT2D eigenvalue weighted by atomic mass is 32.2. The van der Waals surface area contributed by atoms with Gasteiger partial charge < -0.3 is 15.0 Å². The summed E-state index contributed by atoms with van der Waals surface area (Å²) in [6.45, 7) is 3.36. The first-order chi connectivity index (χ1) is 13.2. The van der Waals surface area contributed by atoms with Crippen LogP contribution in [0.5, 0.6) is 0 Å². The predicted octanol–water partition coefficient (Wildman–Crippen LogP) is 4.33. The molecule has 27 heavy (non-hydrogen) atoms. The molecule has 0 saturated carbocycles. The summed E-state index contributed by atoms with van der Waals surface area (Å²) >= 11 is 1.57. The van der Waals surface area contributed by atoms with Crippen LogP contribution in [0.15, 0.2) is 52.3 Å². The maximum absolute atomic E-state index is 13.1. The Morgan fingerprint density at radius 1 is 1.26 bits per heavy atom. The molecule has 4 rings (SSSR count). The first kappa shape index (κ1) is 18.1. The number of amides is 2. The van der Waals surface area contributed by atoms with Crippen molar-refractivity contribution < 1.29 is 14.3 Å². The SMILES string of the molecule is CCCN1C(=O)c2ccccc2Sc2cc(NC(=O)C3CCCO3)ccc21. The Hall–Kier alpha value is -2.31. The minimum absolute atomic E-state index is 0.0230. The van der Waals surface area contributed by atoms with Gasteiger partial charge in [-0.3, -0.25) is 9.59 Å². The summed E-state index contributed by atoms with van der Waals surface area (Å²) in [5.41, 5.74) is 2.33. The molecule has 2 amide bonds. The van der Waals surface area contributed by atoms with Crippen molar-refractivity contribution in [2.75, 3.05) is 23.4 Å². The topological polar surface area (TPSA) is 58.6 Å². The lowest BCUT2D eigenvalue weighted by molar-refractivity contribution is -0.124. The highest BCUT2D eigenvalue weighted by Gasteiger charge is 2.28. The summed E-state index contributed by atoms with van der Waals surface area (Å²) in [6, 6.07) is 13.4. The number of carbonyl (C=O) groups is 2. The summed E-state index contributed by atoms with van der Waals surface area (Å²) in [6.07, 6.45) is 2.19. The molecule has 1 N–H and O–H groups in total. The van der Waals surface area contributed by atoms with E-state index in [4.69, 9.17) is 4.74 Å². The van der Waals surface area contributed by atoms with Crippen molar-refractivity contribution in [1.29, 1.82) is 0 Å². The van der Waals surface area contributed by atoms with E-state index in [0.29, 0.717) is 13.2 Å². The van der Waals surface area contributed by atoms with Gasteiger partial charge in [-0.15, -0.1) is 0 Å². The summed E-state index contributed by atoms with van der Waals surface area (Å²) in [4.78, 5) is 29.1. The van der Waals surface area contributed by atoms with E-state index in [0.717, 1.165) is 46.0 Å². The second kappa shape index (κ2) is 7.74. The van der Waals surface area contributed by atoms with Crippen molar-refractivity contribution in [2.24, 2.45) is 0 Å². The third-order valence-corrected chi connectivity index (χ3v) is 5.89. The van der Waals surface area contributed by atoms with Crippen LogP contribution in [0.4, 0.5) is 11.4 Å². The van der Waals surface area contributed by atoms with Gasteiger partial charge in [0, 0.05) is 28.6 Å². The van der Waals surface area contributed by atoms with Gasteiger partial charge in [0.05, 0.1) is 11.3 Å². The van der Waals surface area contributed by atoms with E-state index >= 15 is 0 Å². The number of hydrogen-bond donors (Lipinski definition) is 1. The molecule has 0 bridgehead atoms.